The number of carbonyl (C=O) groups excluding carboxylic acids is 1. The first-order chi connectivity index (χ1) is 8.72. The lowest BCUT2D eigenvalue weighted by Gasteiger charge is -2.11. The predicted octanol–water partition coefficient (Wildman–Crippen LogP) is 3.03. The van der Waals surface area contributed by atoms with Gasteiger partial charge in [-0.2, -0.15) is 0 Å². The maximum absolute atomic E-state index is 11.6. The van der Waals surface area contributed by atoms with Crippen molar-refractivity contribution in [2.45, 2.75) is 20.4 Å². The van der Waals surface area contributed by atoms with Crippen LogP contribution in [0.1, 0.15) is 12.6 Å². The maximum atomic E-state index is 11.6. The molecule has 0 N–H and O–H groups in total. The number of benzene rings is 1. The SMILES string of the molecule is CCOC(=O)Cn1c(C)ccc1-c1ccccc1. The first-order valence-electron chi connectivity index (χ1n) is 6.09. The summed E-state index contributed by atoms with van der Waals surface area (Å²) >= 11 is 0. The van der Waals surface area contributed by atoms with Crippen molar-refractivity contribution in [1.29, 1.82) is 0 Å². The van der Waals surface area contributed by atoms with E-state index in [2.05, 4.69) is 0 Å². The van der Waals surface area contributed by atoms with E-state index in [0.717, 1.165) is 17.0 Å². The fourth-order valence-corrected chi connectivity index (χ4v) is 1.98. The summed E-state index contributed by atoms with van der Waals surface area (Å²) in [6.45, 7) is 4.49. The van der Waals surface area contributed by atoms with E-state index in [4.69, 9.17) is 4.74 Å². The molecule has 0 fully saturated rings. The minimum absolute atomic E-state index is 0.200. The number of rotatable bonds is 4. The van der Waals surface area contributed by atoms with E-state index in [-0.39, 0.29) is 12.5 Å². The molecule has 0 spiro atoms. The molecule has 0 aliphatic carbocycles. The molecule has 0 aliphatic heterocycles. The second-order valence-corrected chi connectivity index (χ2v) is 4.12. The molecule has 1 heterocycles. The van der Waals surface area contributed by atoms with Gasteiger partial charge in [-0.25, -0.2) is 0 Å². The van der Waals surface area contributed by atoms with Crippen LogP contribution >= 0.6 is 0 Å². The van der Waals surface area contributed by atoms with Gasteiger partial charge in [0.1, 0.15) is 6.54 Å². The van der Waals surface area contributed by atoms with Crippen LogP contribution in [-0.2, 0) is 16.1 Å². The molecular formula is C15H17NO2. The lowest BCUT2D eigenvalue weighted by Crippen LogP contribution is -2.15. The molecule has 94 valence electrons. The average molecular weight is 243 g/mol. The van der Waals surface area contributed by atoms with Gasteiger partial charge in [-0.15, -0.1) is 0 Å². The molecule has 0 saturated heterocycles. The van der Waals surface area contributed by atoms with Crippen LogP contribution in [0.25, 0.3) is 11.3 Å². The van der Waals surface area contributed by atoms with Gasteiger partial charge in [0.05, 0.1) is 6.61 Å². The Balaban J connectivity index is 2.30. The summed E-state index contributed by atoms with van der Waals surface area (Å²) in [6.07, 6.45) is 0. The summed E-state index contributed by atoms with van der Waals surface area (Å²) < 4.78 is 6.98. The molecule has 18 heavy (non-hydrogen) atoms. The van der Waals surface area contributed by atoms with E-state index in [1.807, 2.05) is 60.9 Å². The van der Waals surface area contributed by atoms with E-state index >= 15 is 0 Å². The smallest absolute Gasteiger partial charge is 0.325 e. The Labute approximate surface area is 107 Å². The highest BCUT2D eigenvalue weighted by Gasteiger charge is 2.11. The van der Waals surface area contributed by atoms with Crippen LogP contribution in [0.4, 0.5) is 0 Å². The minimum Gasteiger partial charge on any atom is -0.465 e. The Kier molecular flexibility index (Phi) is 3.82. The zero-order valence-corrected chi connectivity index (χ0v) is 10.7. The molecule has 1 aromatic carbocycles. The fourth-order valence-electron chi connectivity index (χ4n) is 1.98. The van der Waals surface area contributed by atoms with Gasteiger partial charge in [0.25, 0.3) is 0 Å². The average Bonchev–Trinajstić information content (AvgIpc) is 2.73. The van der Waals surface area contributed by atoms with E-state index in [1.54, 1.807) is 0 Å². The van der Waals surface area contributed by atoms with Crippen LogP contribution in [0.15, 0.2) is 42.5 Å². The van der Waals surface area contributed by atoms with Crippen LogP contribution in [-0.4, -0.2) is 17.1 Å². The zero-order valence-electron chi connectivity index (χ0n) is 10.7. The molecule has 3 heteroatoms. The number of hydrogen-bond donors (Lipinski definition) is 0. The normalized spacial score (nSPS) is 10.3. The van der Waals surface area contributed by atoms with E-state index in [1.165, 1.54) is 0 Å². The van der Waals surface area contributed by atoms with Gasteiger partial charge in [-0.1, -0.05) is 30.3 Å². The maximum Gasteiger partial charge on any atom is 0.325 e. The van der Waals surface area contributed by atoms with Gasteiger partial charge in [-0.3, -0.25) is 4.79 Å². The van der Waals surface area contributed by atoms with Crippen molar-refractivity contribution in [3.8, 4) is 11.3 Å². The zero-order chi connectivity index (χ0) is 13.0. The molecule has 2 aromatic rings. The number of aryl methyl sites for hydroxylation is 1. The number of ether oxygens (including phenoxy) is 1. The van der Waals surface area contributed by atoms with Gasteiger partial charge >= 0.3 is 5.97 Å². The topological polar surface area (TPSA) is 31.2 Å². The summed E-state index contributed by atoms with van der Waals surface area (Å²) in [5, 5.41) is 0. The molecule has 0 bridgehead atoms. The second-order valence-electron chi connectivity index (χ2n) is 4.12. The van der Waals surface area contributed by atoms with Crippen molar-refractivity contribution in [2.75, 3.05) is 6.61 Å². The summed E-state index contributed by atoms with van der Waals surface area (Å²) in [6, 6.07) is 14.1. The molecule has 2 rings (SSSR count). The van der Waals surface area contributed by atoms with Crippen LogP contribution < -0.4 is 0 Å². The Bertz CT molecular complexity index is 529. The second kappa shape index (κ2) is 5.54. The van der Waals surface area contributed by atoms with Gasteiger partial charge in [0.2, 0.25) is 0 Å². The molecule has 0 saturated carbocycles. The van der Waals surface area contributed by atoms with E-state index in [9.17, 15) is 4.79 Å². The summed E-state index contributed by atoms with van der Waals surface area (Å²) in [7, 11) is 0. The van der Waals surface area contributed by atoms with Crippen LogP contribution in [0.5, 0.6) is 0 Å². The van der Waals surface area contributed by atoms with Crippen LogP contribution in [0.2, 0.25) is 0 Å². The number of esters is 1. The fraction of sp³-hybridized carbons (Fsp3) is 0.267. The third-order valence-electron chi connectivity index (χ3n) is 2.86. The first-order valence-corrected chi connectivity index (χ1v) is 6.09. The lowest BCUT2D eigenvalue weighted by molar-refractivity contribution is -0.143. The quantitative estimate of drug-likeness (QED) is 0.773. The summed E-state index contributed by atoms with van der Waals surface area (Å²) in [4.78, 5) is 11.6. The number of hydrogen-bond acceptors (Lipinski definition) is 2. The molecule has 1 aromatic heterocycles. The number of aromatic nitrogens is 1. The summed E-state index contributed by atoms with van der Waals surface area (Å²) in [5.41, 5.74) is 3.21. The van der Waals surface area contributed by atoms with E-state index < -0.39 is 0 Å². The third kappa shape index (κ3) is 2.62. The largest absolute Gasteiger partial charge is 0.465 e. The van der Waals surface area contributed by atoms with Gasteiger partial charge < -0.3 is 9.30 Å². The van der Waals surface area contributed by atoms with Crippen molar-refractivity contribution >= 4 is 5.97 Å². The highest BCUT2D eigenvalue weighted by Crippen LogP contribution is 2.22. The van der Waals surface area contributed by atoms with Crippen LogP contribution in [0.3, 0.4) is 0 Å². The standard InChI is InChI=1S/C15H17NO2/c1-3-18-15(17)11-16-12(2)9-10-14(16)13-7-5-4-6-8-13/h4-10H,3,11H2,1-2H3. The highest BCUT2D eigenvalue weighted by atomic mass is 16.5. The molecule has 0 aliphatic rings. The van der Waals surface area contributed by atoms with Crippen molar-refractivity contribution in [2.24, 2.45) is 0 Å². The molecule has 0 radical (unpaired) electrons. The van der Waals surface area contributed by atoms with Crippen molar-refractivity contribution in [3.63, 3.8) is 0 Å². The monoisotopic (exact) mass is 243 g/mol. The molecule has 0 unspecified atom stereocenters. The molecule has 0 amide bonds. The van der Waals surface area contributed by atoms with Crippen molar-refractivity contribution in [1.82, 2.24) is 4.57 Å². The number of nitrogens with zero attached hydrogens (tertiary/aromatic N) is 1. The van der Waals surface area contributed by atoms with Gasteiger partial charge in [0.15, 0.2) is 0 Å². The number of carbonyl (C=O) groups is 1. The van der Waals surface area contributed by atoms with E-state index in [0.29, 0.717) is 6.61 Å². The predicted molar refractivity (Wildman–Crippen MR) is 71.2 cm³/mol. The van der Waals surface area contributed by atoms with Crippen molar-refractivity contribution < 1.29 is 9.53 Å². The van der Waals surface area contributed by atoms with Gasteiger partial charge in [-0.05, 0) is 31.5 Å². The lowest BCUT2D eigenvalue weighted by atomic mass is 10.1. The Morgan fingerprint density at radius 3 is 2.56 bits per heavy atom. The van der Waals surface area contributed by atoms with Gasteiger partial charge in [0, 0.05) is 11.4 Å². The Morgan fingerprint density at radius 2 is 1.89 bits per heavy atom. The highest BCUT2D eigenvalue weighted by molar-refractivity contribution is 5.71. The Hall–Kier alpha value is -2.03. The molecule has 0 atom stereocenters. The first kappa shape index (κ1) is 12.4. The summed E-state index contributed by atoms with van der Waals surface area (Å²) in [5.74, 6) is -0.200. The van der Waals surface area contributed by atoms with Crippen LogP contribution in [0, 0.1) is 6.92 Å². The third-order valence-corrected chi connectivity index (χ3v) is 2.86. The molecular weight excluding hydrogens is 226 g/mol. The van der Waals surface area contributed by atoms with Crippen molar-refractivity contribution in [3.05, 3.63) is 48.2 Å². The minimum atomic E-state index is -0.200. The molecule has 3 nitrogen and oxygen atoms in total. The Morgan fingerprint density at radius 1 is 1.17 bits per heavy atom.